The van der Waals surface area contributed by atoms with Crippen LogP contribution >= 0.6 is 0 Å². The average Bonchev–Trinajstić information content (AvgIpc) is 2.98. The molecule has 3 rings (SSSR count). The Kier molecular flexibility index (Phi) is 4.24. The third-order valence-electron chi connectivity index (χ3n) is 3.99. The number of rotatable bonds is 4. The fraction of sp³-hybridized carbons (Fsp3) is 0.389. The number of anilines is 2. The first-order valence-electron chi connectivity index (χ1n) is 8.24. The van der Waals surface area contributed by atoms with Crippen molar-refractivity contribution in [1.29, 1.82) is 0 Å². The third-order valence-corrected chi connectivity index (χ3v) is 3.99. The lowest BCUT2D eigenvalue weighted by molar-refractivity contribution is 0.366. The van der Waals surface area contributed by atoms with Gasteiger partial charge in [0, 0.05) is 26.3 Å². The summed E-state index contributed by atoms with van der Waals surface area (Å²) in [6, 6.07) is 8.23. The second-order valence-electron chi connectivity index (χ2n) is 7.29. The van der Waals surface area contributed by atoms with Crippen molar-refractivity contribution in [3.63, 3.8) is 0 Å². The van der Waals surface area contributed by atoms with Crippen LogP contribution < -0.4 is 15.8 Å². The fourth-order valence-electron chi connectivity index (χ4n) is 2.59. The molecule has 0 aliphatic rings. The van der Waals surface area contributed by atoms with Gasteiger partial charge in [-0.15, -0.1) is 0 Å². The summed E-state index contributed by atoms with van der Waals surface area (Å²) in [4.78, 5) is 21.7. The Morgan fingerprint density at radius 2 is 1.88 bits per heavy atom. The molecule has 3 aromatic rings. The van der Waals surface area contributed by atoms with Gasteiger partial charge in [0.05, 0.1) is 11.7 Å². The summed E-state index contributed by atoms with van der Waals surface area (Å²) in [6.45, 7) is 6.66. The van der Waals surface area contributed by atoms with Gasteiger partial charge < -0.3 is 10.2 Å². The van der Waals surface area contributed by atoms with E-state index in [1.807, 2.05) is 34.9 Å². The van der Waals surface area contributed by atoms with Crippen molar-refractivity contribution in [2.24, 2.45) is 0 Å². The molecular weight excluding hydrogens is 316 g/mol. The van der Waals surface area contributed by atoms with E-state index < -0.39 is 0 Å². The van der Waals surface area contributed by atoms with Gasteiger partial charge >= 0.3 is 0 Å². The monoisotopic (exact) mass is 340 g/mol. The molecular formula is C18H24N6O. The standard InChI is InChI=1S/C18H24N6O/c1-18(2,3)24-15-14(11-20-24)16(25)22-17(21-15)19-10-12-6-8-13(9-7-12)23(4)5/h6-9,11H,10H2,1-5H3,(H2,19,21,22,25). The van der Waals surface area contributed by atoms with Gasteiger partial charge in [0.25, 0.3) is 5.56 Å². The fourth-order valence-corrected chi connectivity index (χ4v) is 2.59. The molecule has 0 amide bonds. The van der Waals surface area contributed by atoms with Crippen LogP contribution in [-0.2, 0) is 12.1 Å². The molecule has 0 unspecified atom stereocenters. The molecule has 7 heteroatoms. The molecule has 0 radical (unpaired) electrons. The number of nitrogens with zero attached hydrogens (tertiary/aromatic N) is 4. The second kappa shape index (κ2) is 6.23. The first-order chi connectivity index (χ1) is 11.8. The molecule has 25 heavy (non-hydrogen) atoms. The van der Waals surface area contributed by atoms with Crippen molar-refractivity contribution >= 4 is 22.7 Å². The van der Waals surface area contributed by atoms with Crippen LogP contribution in [-0.4, -0.2) is 33.8 Å². The summed E-state index contributed by atoms with van der Waals surface area (Å²) in [5.74, 6) is 0.445. The molecule has 1 aromatic carbocycles. The summed E-state index contributed by atoms with van der Waals surface area (Å²) in [6.07, 6.45) is 1.57. The van der Waals surface area contributed by atoms with E-state index >= 15 is 0 Å². The highest BCUT2D eigenvalue weighted by Crippen LogP contribution is 2.19. The Morgan fingerprint density at radius 3 is 2.48 bits per heavy atom. The van der Waals surface area contributed by atoms with E-state index in [4.69, 9.17) is 0 Å². The zero-order valence-electron chi connectivity index (χ0n) is 15.3. The Bertz CT molecular complexity index is 931. The van der Waals surface area contributed by atoms with Gasteiger partial charge in [0.1, 0.15) is 5.39 Å². The van der Waals surface area contributed by atoms with Gasteiger partial charge in [-0.1, -0.05) is 12.1 Å². The van der Waals surface area contributed by atoms with Crippen molar-refractivity contribution in [2.75, 3.05) is 24.3 Å². The zero-order valence-corrected chi connectivity index (χ0v) is 15.3. The highest BCUT2D eigenvalue weighted by atomic mass is 16.1. The zero-order chi connectivity index (χ0) is 18.2. The number of benzene rings is 1. The highest BCUT2D eigenvalue weighted by molar-refractivity contribution is 5.74. The van der Waals surface area contributed by atoms with Crippen LogP contribution in [0.25, 0.3) is 11.0 Å². The first-order valence-corrected chi connectivity index (χ1v) is 8.24. The molecule has 0 saturated carbocycles. The van der Waals surface area contributed by atoms with Crippen molar-refractivity contribution < 1.29 is 0 Å². The summed E-state index contributed by atoms with van der Waals surface area (Å²) in [7, 11) is 4.02. The molecule has 0 fully saturated rings. The van der Waals surface area contributed by atoms with E-state index in [9.17, 15) is 4.79 Å². The van der Waals surface area contributed by atoms with Crippen LogP contribution in [0.4, 0.5) is 11.6 Å². The Balaban J connectivity index is 1.85. The Hall–Kier alpha value is -2.83. The highest BCUT2D eigenvalue weighted by Gasteiger charge is 2.19. The van der Waals surface area contributed by atoms with Crippen LogP contribution in [0.1, 0.15) is 26.3 Å². The van der Waals surface area contributed by atoms with Gasteiger partial charge in [0.15, 0.2) is 5.65 Å². The van der Waals surface area contributed by atoms with E-state index in [1.165, 1.54) is 0 Å². The van der Waals surface area contributed by atoms with E-state index in [1.54, 1.807) is 10.9 Å². The lowest BCUT2D eigenvalue weighted by atomic mass is 10.1. The molecule has 0 atom stereocenters. The smallest absolute Gasteiger partial charge is 0.263 e. The predicted octanol–water partition coefficient (Wildman–Crippen LogP) is 2.55. The van der Waals surface area contributed by atoms with E-state index in [2.05, 4.69) is 49.5 Å². The topological polar surface area (TPSA) is 78.8 Å². The summed E-state index contributed by atoms with van der Waals surface area (Å²) in [5.41, 5.74) is 2.40. The second-order valence-corrected chi connectivity index (χ2v) is 7.29. The molecule has 2 heterocycles. The van der Waals surface area contributed by atoms with Gasteiger partial charge in [-0.05, 0) is 38.5 Å². The molecule has 2 N–H and O–H groups in total. The largest absolute Gasteiger partial charge is 0.378 e. The molecule has 7 nitrogen and oxygen atoms in total. The lowest BCUT2D eigenvalue weighted by Gasteiger charge is -2.19. The predicted molar refractivity (Wildman–Crippen MR) is 101 cm³/mol. The van der Waals surface area contributed by atoms with Crippen molar-refractivity contribution in [2.45, 2.75) is 32.9 Å². The molecule has 0 aliphatic carbocycles. The molecule has 0 bridgehead atoms. The van der Waals surface area contributed by atoms with Crippen molar-refractivity contribution in [3.8, 4) is 0 Å². The number of hydrogen-bond donors (Lipinski definition) is 2. The average molecular weight is 340 g/mol. The Labute approximate surface area is 146 Å². The normalized spacial score (nSPS) is 11.7. The van der Waals surface area contributed by atoms with E-state index in [0.717, 1.165) is 11.3 Å². The molecule has 132 valence electrons. The van der Waals surface area contributed by atoms with E-state index in [-0.39, 0.29) is 11.1 Å². The quantitative estimate of drug-likeness (QED) is 0.763. The number of hydrogen-bond acceptors (Lipinski definition) is 5. The number of aromatic nitrogens is 4. The number of fused-ring (bicyclic) bond motifs is 1. The maximum absolute atomic E-state index is 12.3. The van der Waals surface area contributed by atoms with Gasteiger partial charge in [0.2, 0.25) is 5.95 Å². The SMILES string of the molecule is CN(C)c1ccc(CNc2nc3c(cnn3C(C)(C)C)c(=O)[nH]2)cc1. The lowest BCUT2D eigenvalue weighted by Crippen LogP contribution is -2.24. The van der Waals surface area contributed by atoms with Crippen molar-refractivity contribution in [1.82, 2.24) is 19.7 Å². The molecule has 2 aromatic heterocycles. The first kappa shape index (κ1) is 17.0. The van der Waals surface area contributed by atoms with E-state index in [0.29, 0.717) is 23.5 Å². The summed E-state index contributed by atoms with van der Waals surface area (Å²) in [5, 5.41) is 8.00. The van der Waals surface area contributed by atoms with Crippen LogP contribution in [0.3, 0.4) is 0 Å². The van der Waals surface area contributed by atoms with Crippen LogP contribution in [0.15, 0.2) is 35.3 Å². The minimum atomic E-state index is -0.248. The minimum absolute atomic E-state index is 0.189. The summed E-state index contributed by atoms with van der Waals surface area (Å²) >= 11 is 0. The third kappa shape index (κ3) is 3.50. The maximum Gasteiger partial charge on any atom is 0.263 e. The number of H-pyrrole nitrogens is 1. The van der Waals surface area contributed by atoms with Crippen LogP contribution in [0.2, 0.25) is 0 Å². The number of aromatic amines is 1. The minimum Gasteiger partial charge on any atom is -0.378 e. The molecule has 0 aliphatic heterocycles. The van der Waals surface area contributed by atoms with Crippen molar-refractivity contribution in [3.05, 3.63) is 46.4 Å². The molecule has 0 spiro atoms. The maximum atomic E-state index is 12.3. The Morgan fingerprint density at radius 1 is 1.20 bits per heavy atom. The number of nitrogens with one attached hydrogen (secondary N) is 2. The van der Waals surface area contributed by atoms with Crippen LogP contribution in [0.5, 0.6) is 0 Å². The van der Waals surface area contributed by atoms with Crippen LogP contribution in [0, 0.1) is 0 Å². The van der Waals surface area contributed by atoms with Gasteiger partial charge in [-0.3, -0.25) is 9.78 Å². The summed E-state index contributed by atoms with van der Waals surface area (Å²) < 4.78 is 1.77. The van der Waals surface area contributed by atoms with Gasteiger partial charge in [-0.25, -0.2) is 4.68 Å². The van der Waals surface area contributed by atoms with Gasteiger partial charge in [-0.2, -0.15) is 10.1 Å². The molecule has 0 saturated heterocycles.